The van der Waals surface area contributed by atoms with E-state index in [1.807, 2.05) is 30.3 Å². The molecule has 0 bridgehead atoms. The molecule has 164 valence electrons. The lowest BCUT2D eigenvalue weighted by Gasteiger charge is -2.11. The van der Waals surface area contributed by atoms with Crippen molar-refractivity contribution in [2.24, 2.45) is 0 Å². The fourth-order valence-electron chi connectivity index (χ4n) is 3.44. The molecule has 0 saturated heterocycles. The Balaban J connectivity index is 0.000000775. The summed E-state index contributed by atoms with van der Waals surface area (Å²) in [6.45, 7) is -0.250. The van der Waals surface area contributed by atoms with Gasteiger partial charge < -0.3 is 19.9 Å². The van der Waals surface area contributed by atoms with Crippen molar-refractivity contribution in [3.8, 4) is 17.2 Å². The van der Waals surface area contributed by atoms with Gasteiger partial charge in [0, 0.05) is 22.9 Å². The number of fused-ring (bicyclic) bond motifs is 2. The van der Waals surface area contributed by atoms with E-state index in [0.717, 1.165) is 29.1 Å². The van der Waals surface area contributed by atoms with E-state index >= 15 is 0 Å². The van der Waals surface area contributed by atoms with Crippen molar-refractivity contribution in [1.82, 2.24) is 25.3 Å². The van der Waals surface area contributed by atoms with Gasteiger partial charge in [0.1, 0.15) is 0 Å². The Kier molecular flexibility index (Phi) is 5.84. The van der Waals surface area contributed by atoms with Crippen LogP contribution in [0.3, 0.4) is 0 Å². The molecule has 1 saturated carbocycles. The number of hydrogen-bond donors (Lipinski definition) is 2. The van der Waals surface area contributed by atoms with Crippen LogP contribution >= 0.6 is 0 Å². The van der Waals surface area contributed by atoms with Gasteiger partial charge in [0.05, 0.1) is 37.1 Å². The van der Waals surface area contributed by atoms with Gasteiger partial charge in [-0.2, -0.15) is 15.3 Å². The van der Waals surface area contributed by atoms with Gasteiger partial charge in [0.25, 0.3) is 12.4 Å². The largest absolute Gasteiger partial charge is 0.493 e. The molecule has 4 aromatic rings. The quantitative estimate of drug-likeness (QED) is 0.458. The molecular weight excluding hydrogens is 414 g/mol. The van der Waals surface area contributed by atoms with E-state index < -0.39 is 0 Å². The molecule has 2 heterocycles. The van der Waals surface area contributed by atoms with Crippen LogP contribution in [0, 0.1) is 0 Å². The Bertz CT molecular complexity index is 1300. The molecule has 0 atom stereocenters. The van der Waals surface area contributed by atoms with Gasteiger partial charge in [0.2, 0.25) is 0 Å². The van der Waals surface area contributed by atoms with E-state index in [4.69, 9.17) is 19.4 Å². The number of nitrogens with one attached hydrogen (secondary N) is 1. The van der Waals surface area contributed by atoms with Crippen LogP contribution in [0.15, 0.2) is 42.6 Å². The zero-order valence-corrected chi connectivity index (χ0v) is 17.5. The zero-order valence-electron chi connectivity index (χ0n) is 17.5. The van der Waals surface area contributed by atoms with Gasteiger partial charge in [0.15, 0.2) is 17.2 Å². The van der Waals surface area contributed by atoms with Crippen LogP contribution in [0.2, 0.25) is 0 Å². The summed E-state index contributed by atoms with van der Waals surface area (Å²) in [4.78, 5) is 21.1. The normalized spacial score (nSPS) is 12.7. The highest BCUT2D eigenvalue weighted by atomic mass is 16.5. The van der Waals surface area contributed by atoms with Gasteiger partial charge in [-0.3, -0.25) is 9.59 Å². The monoisotopic (exact) mass is 435 g/mol. The van der Waals surface area contributed by atoms with E-state index in [1.165, 1.54) is 0 Å². The zero-order chi connectivity index (χ0) is 22.7. The molecule has 2 aromatic carbocycles. The van der Waals surface area contributed by atoms with Crippen LogP contribution < -0.4 is 14.8 Å². The lowest BCUT2D eigenvalue weighted by molar-refractivity contribution is -0.122. The molecule has 32 heavy (non-hydrogen) atoms. The minimum atomic E-state index is -0.250. The maximum Gasteiger partial charge on any atom is 0.290 e. The van der Waals surface area contributed by atoms with E-state index in [0.29, 0.717) is 28.4 Å². The average molecular weight is 435 g/mol. The molecule has 1 amide bonds. The maximum atomic E-state index is 12.7. The SMILES string of the molecule is COc1cc2nncc(-n3nc(C(=O)NC4CC4)c4ccccc43)c2cc1OC.O=CO. The lowest BCUT2D eigenvalue weighted by atomic mass is 10.1. The first-order valence-electron chi connectivity index (χ1n) is 9.85. The summed E-state index contributed by atoms with van der Waals surface area (Å²) in [6, 6.07) is 11.5. The number of nitrogens with zero attached hydrogens (tertiary/aromatic N) is 4. The second-order valence-electron chi connectivity index (χ2n) is 7.08. The number of carbonyl (C=O) groups excluding carboxylic acids is 1. The molecule has 0 unspecified atom stereocenters. The van der Waals surface area contributed by atoms with Crippen LogP contribution in [0.1, 0.15) is 23.3 Å². The Hall–Kier alpha value is -4.21. The third-order valence-electron chi connectivity index (χ3n) is 5.07. The minimum Gasteiger partial charge on any atom is -0.493 e. The molecule has 1 fully saturated rings. The van der Waals surface area contributed by atoms with Crippen molar-refractivity contribution in [2.45, 2.75) is 18.9 Å². The number of aromatic nitrogens is 4. The molecule has 0 spiro atoms. The first-order valence-corrected chi connectivity index (χ1v) is 9.85. The van der Waals surface area contributed by atoms with Gasteiger partial charge in [-0.1, -0.05) is 18.2 Å². The van der Waals surface area contributed by atoms with Crippen molar-refractivity contribution >= 4 is 34.2 Å². The summed E-state index contributed by atoms with van der Waals surface area (Å²) in [5.74, 6) is 0.992. The molecule has 2 aromatic heterocycles. The highest BCUT2D eigenvalue weighted by Crippen LogP contribution is 2.34. The average Bonchev–Trinajstić information content (AvgIpc) is 3.55. The number of benzene rings is 2. The number of rotatable bonds is 5. The van der Waals surface area contributed by atoms with Gasteiger partial charge in [-0.25, -0.2) is 4.68 Å². The van der Waals surface area contributed by atoms with Crippen molar-refractivity contribution in [3.63, 3.8) is 0 Å². The Morgan fingerprint density at radius 3 is 2.53 bits per heavy atom. The fourth-order valence-corrected chi connectivity index (χ4v) is 3.44. The Morgan fingerprint density at radius 1 is 1.16 bits per heavy atom. The second-order valence-corrected chi connectivity index (χ2v) is 7.08. The number of carbonyl (C=O) groups is 2. The van der Waals surface area contributed by atoms with Crippen molar-refractivity contribution in [1.29, 1.82) is 0 Å². The molecule has 1 aliphatic rings. The van der Waals surface area contributed by atoms with Crippen LogP contribution in [0.25, 0.3) is 27.5 Å². The summed E-state index contributed by atoms with van der Waals surface area (Å²) in [7, 11) is 3.16. The molecule has 10 heteroatoms. The molecule has 2 N–H and O–H groups in total. The van der Waals surface area contributed by atoms with Crippen LogP contribution in [-0.2, 0) is 4.79 Å². The second kappa shape index (κ2) is 8.88. The highest BCUT2D eigenvalue weighted by Gasteiger charge is 2.27. The molecule has 10 nitrogen and oxygen atoms in total. The van der Waals surface area contributed by atoms with Gasteiger partial charge in [-0.15, -0.1) is 0 Å². The maximum absolute atomic E-state index is 12.7. The van der Waals surface area contributed by atoms with Crippen LogP contribution in [0.5, 0.6) is 11.5 Å². The summed E-state index contributed by atoms with van der Waals surface area (Å²) < 4.78 is 12.6. The van der Waals surface area contributed by atoms with Crippen LogP contribution in [0.4, 0.5) is 0 Å². The number of methoxy groups -OCH3 is 2. The number of para-hydroxylation sites is 1. The summed E-state index contributed by atoms with van der Waals surface area (Å²) >= 11 is 0. The predicted molar refractivity (Wildman–Crippen MR) is 116 cm³/mol. The van der Waals surface area contributed by atoms with Gasteiger partial charge in [-0.05, 0) is 25.0 Å². The molecular formula is C22H21N5O5. The van der Waals surface area contributed by atoms with E-state index in [2.05, 4.69) is 20.6 Å². The topological polar surface area (TPSA) is 128 Å². The number of ether oxygens (including phenoxy) is 2. The lowest BCUT2D eigenvalue weighted by Crippen LogP contribution is -2.26. The summed E-state index contributed by atoms with van der Waals surface area (Å²) in [6.07, 6.45) is 3.67. The predicted octanol–water partition coefficient (Wildman–Crippen LogP) is 2.58. The standard InChI is InChI=1S/C21H19N5O3.CH2O2/c1-28-18-9-14-15(10-19(18)29-2)24-22-11-17(14)26-16-6-4-3-5-13(16)20(25-26)21(27)23-12-7-8-12;2-1-3/h3-6,9-12H,7-8H2,1-2H3,(H,23,27);1H,(H,2,3). The third-order valence-corrected chi connectivity index (χ3v) is 5.07. The van der Waals surface area contributed by atoms with E-state index in [9.17, 15) is 4.79 Å². The van der Waals surface area contributed by atoms with Crippen LogP contribution in [-0.4, -0.2) is 57.7 Å². The summed E-state index contributed by atoms with van der Waals surface area (Å²) in [5.41, 5.74) is 2.57. The first-order chi connectivity index (χ1) is 15.6. The molecule has 0 radical (unpaired) electrons. The molecule has 5 rings (SSSR count). The van der Waals surface area contributed by atoms with Crippen molar-refractivity contribution < 1.29 is 24.2 Å². The number of amides is 1. The molecule has 0 aliphatic heterocycles. The van der Waals surface area contributed by atoms with E-state index in [-0.39, 0.29) is 18.4 Å². The third kappa shape index (κ3) is 3.89. The number of carboxylic acid groups (broad SMARTS) is 1. The van der Waals surface area contributed by atoms with Crippen molar-refractivity contribution in [3.05, 3.63) is 48.3 Å². The number of hydrogen-bond acceptors (Lipinski definition) is 7. The smallest absolute Gasteiger partial charge is 0.290 e. The Morgan fingerprint density at radius 2 is 1.84 bits per heavy atom. The minimum absolute atomic E-state index is 0.159. The first kappa shape index (κ1) is 21.0. The van der Waals surface area contributed by atoms with Crippen molar-refractivity contribution in [2.75, 3.05) is 14.2 Å². The highest BCUT2D eigenvalue weighted by molar-refractivity contribution is 6.06. The molecule has 1 aliphatic carbocycles. The fraction of sp³-hybridized carbons (Fsp3) is 0.227. The van der Waals surface area contributed by atoms with E-state index in [1.54, 1.807) is 31.2 Å². The summed E-state index contributed by atoms with van der Waals surface area (Å²) in [5, 5.41) is 24.5. The van der Waals surface area contributed by atoms with Gasteiger partial charge >= 0.3 is 0 Å². The Labute approximate surface area is 182 Å².